The fourth-order valence-corrected chi connectivity index (χ4v) is 1.09. The van der Waals surface area contributed by atoms with Gasteiger partial charge in [-0.2, -0.15) is 0 Å². The molecule has 0 fully saturated rings. The Balaban J connectivity index is 0. The third-order valence-corrected chi connectivity index (χ3v) is 4.89. The molecule has 0 aliphatic rings. The Bertz CT molecular complexity index is 392. The number of rotatable bonds is 0. The molecule has 0 bridgehead atoms. The first-order valence-electron chi connectivity index (χ1n) is 2.40. The van der Waals surface area contributed by atoms with Crippen molar-refractivity contribution in [2.45, 2.75) is 0 Å². The van der Waals surface area contributed by atoms with E-state index in [1.165, 1.54) is 0 Å². The van der Waals surface area contributed by atoms with Gasteiger partial charge in [0.05, 0.1) is 0 Å². The van der Waals surface area contributed by atoms with Gasteiger partial charge in [0.2, 0.25) is 0 Å². The van der Waals surface area contributed by atoms with Crippen LogP contribution in [0.5, 0.6) is 0 Å². The Morgan fingerprint density at radius 1 is 0.500 bits per heavy atom. The molecule has 0 saturated heterocycles. The van der Waals surface area contributed by atoms with E-state index in [-0.39, 0.29) is 40.4 Å². The Hall–Kier alpha value is -1.20. The molecular formula is C6FeN6Sm. The minimum atomic E-state index is -6.17. The van der Waals surface area contributed by atoms with Crippen LogP contribution in [0.25, 0.3) is 0 Å². The molecule has 0 aliphatic heterocycles. The molecule has 0 saturated carbocycles. The fraction of sp³-hybridized carbons (Fsp3) is 0. The van der Waals surface area contributed by atoms with Crippen molar-refractivity contribution in [1.29, 1.82) is 31.6 Å². The van der Waals surface area contributed by atoms with Crippen molar-refractivity contribution in [3.8, 4) is 29.8 Å². The number of nitriles is 6. The normalized spacial score (nSPS) is 12.4. The maximum absolute atomic E-state index is 8.58. The van der Waals surface area contributed by atoms with Crippen LogP contribution in [0.2, 0.25) is 0 Å². The standard InChI is InChI=1S/6CN.Fe.Sm/c6*1-2;;/q;;;;;;-3;+3. The first-order valence-corrected chi connectivity index (χ1v) is 5.71. The van der Waals surface area contributed by atoms with E-state index >= 15 is 0 Å². The summed E-state index contributed by atoms with van der Waals surface area (Å²) in [5.74, 6) is 0. The summed E-state index contributed by atoms with van der Waals surface area (Å²) in [7, 11) is -6.17. The second kappa shape index (κ2) is 3.51. The summed E-state index contributed by atoms with van der Waals surface area (Å²) in [5, 5.41) is 51.5. The average Bonchev–Trinajstić information content (AvgIpc) is 2.26. The van der Waals surface area contributed by atoms with Gasteiger partial charge in [-0.1, -0.05) is 0 Å². The van der Waals surface area contributed by atoms with Gasteiger partial charge < -0.3 is 0 Å². The molecule has 0 aromatic carbocycles. The molecule has 0 aliphatic carbocycles. The topological polar surface area (TPSA) is 143 Å². The van der Waals surface area contributed by atoms with Gasteiger partial charge in [-0.15, -0.1) is 0 Å². The summed E-state index contributed by atoms with van der Waals surface area (Å²) in [5.41, 5.74) is 0. The fourth-order valence-electron chi connectivity index (χ4n) is 0.265. The summed E-state index contributed by atoms with van der Waals surface area (Å²) < 4.78 is 0. The molecule has 1 radical (unpaired) electrons. The zero-order valence-corrected chi connectivity index (χ0v) is 10.2. The summed E-state index contributed by atoms with van der Waals surface area (Å²) in [6.45, 7) is 0. The molecule has 0 aromatic heterocycles. The van der Waals surface area contributed by atoms with Crippen LogP contribution in [0.15, 0.2) is 0 Å². The Kier molecular flexibility index (Phi) is 3.83. The van der Waals surface area contributed by atoms with Gasteiger partial charge in [0, 0.05) is 0 Å². The van der Waals surface area contributed by atoms with E-state index in [4.69, 9.17) is 31.6 Å². The molecule has 0 amide bonds. The van der Waals surface area contributed by atoms with Gasteiger partial charge in [0.1, 0.15) is 0 Å². The third kappa shape index (κ3) is 1.25. The molecule has 0 spiro atoms. The monoisotopic (exact) mass is 364 g/mol. The predicted octanol–water partition coefficient (Wildman–Crippen LogP) is 0.0982. The quantitative estimate of drug-likeness (QED) is 0.559. The molecule has 6 nitrogen and oxygen atoms in total. The molecule has 0 heterocycles. The number of hydrogen-bond acceptors (Lipinski definition) is 6. The van der Waals surface area contributed by atoms with E-state index in [9.17, 15) is 0 Å². The second-order valence-electron chi connectivity index (χ2n) is 1.80. The van der Waals surface area contributed by atoms with Gasteiger partial charge in [0.15, 0.2) is 0 Å². The van der Waals surface area contributed by atoms with Crippen LogP contribution in [-0.4, -0.2) is 0 Å². The van der Waals surface area contributed by atoms with Crippen LogP contribution in [0.4, 0.5) is 0 Å². The van der Waals surface area contributed by atoms with Crippen molar-refractivity contribution >= 4 is 0 Å². The molecule has 0 atom stereocenters. The van der Waals surface area contributed by atoms with Crippen molar-refractivity contribution in [3.63, 3.8) is 0 Å². The molecule has 0 aromatic rings. The smallest absolute Gasteiger partial charge is 3.00 e. The summed E-state index contributed by atoms with van der Waals surface area (Å²) in [4.78, 5) is 6.19. The molecule has 8 heteroatoms. The summed E-state index contributed by atoms with van der Waals surface area (Å²) >= 11 is 0. The average molecular weight is 362 g/mol. The van der Waals surface area contributed by atoms with Crippen LogP contribution >= 0.6 is 0 Å². The minimum absolute atomic E-state index is 0. The van der Waals surface area contributed by atoms with Crippen molar-refractivity contribution in [2.24, 2.45) is 0 Å². The van der Waals surface area contributed by atoms with E-state index in [2.05, 4.69) is 0 Å². The number of nitrogens with zero attached hydrogens (tertiary/aromatic N) is 6. The molecule has 0 rings (SSSR count). The van der Waals surface area contributed by atoms with Crippen LogP contribution in [0.3, 0.4) is 0 Å². The first kappa shape index (κ1) is 15.3. The van der Waals surface area contributed by atoms with Crippen molar-refractivity contribution in [1.82, 2.24) is 0 Å². The third-order valence-electron chi connectivity index (χ3n) is 1.19. The zero-order chi connectivity index (χ0) is 10.7. The molecule has 14 heavy (non-hydrogen) atoms. The maximum atomic E-state index is 8.58. The van der Waals surface area contributed by atoms with E-state index < -0.39 is 10.7 Å². The van der Waals surface area contributed by atoms with Crippen LogP contribution in [0.1, 0.15) is 0 Å². The van der Waals surface area contributed by atoms with Gasteiger partial charge in [-0.05, 0) is 0 Å². The molecule has 0 N–H and O–H groups in total. The molecule has 68 valence electrons. The summed E-state index contributed by atoms with van der Waals surface area (Å²) in [6.07, 6.45) is 0. The minimum Gasteiger partial charge on any atom is 3.00 e. The zero-order valence-electron chi connectivity index (χ0n) is 6.45. The van der Waals surface area contributed by atoms with Crippen molar-refractivity contribution in [2.75, 3.05) is 0 Å². The van der Waals surface area contributed by atoms with E-state index in [0.717, 1.165) is 29.8 Å². The van der Waals surface area contributed by atoms with E-state index in [0.29, 0.717) is 0 Å². The molecule has 0 unspecified atom stereocenters. The van der Waals surface area contributed by atoms with E-state index in [1.807, 2.05) is 0 Å². The Morgan fingerprint density at radius 2 is 0.643 bits per heavy atom. The Morgan fingerprint density at radius 3 is 0.643 bits per heavy atom. The van der Waals surface area contributed by atoms with Gasteiger partial charge in [0.25, 0.3) is 0 Å². The Labute approximate surface area is 111 Å². The predicted molar refractivity (Wildman–Crippen MR) is 33.7 cm³/mol. The van der Waals surface area contributed by atoms with Gasteiger partial charge in [-0.3, -0.25) is 0 Å². The van der Waals surface area contributed by atoms with Gasteiger partial charge in [-0.25, -0.2) is 0 Å². The molecular weight excluding hydrogens is 362 g/mol. The first-order chi connectivity index (χ1) is 5.97. The number of hydrogen-bond donors (Lipinski definition) is 0. The maximum Gasteiger partial charge on any atom is 3.00 e. The largest absolute Gasteiger partial charge is 3.00 e. The summed E-state index contributed by atoms with van der Waals surface area (Å²) in [6, 6.07) is 0. The van der Waals surface area contributed by atoms with Crippen LogP contribution in [0, 0.1) is 102 Å². The van der Waals surface area contributed by atoms with E-state index in [1.54, 1.807) is 0 Å². The second-order valence-corrected chi connectivity index (χ2v) is 7.42. The van der Waals surface area contributed by atoms with Crippen molar-refractivity contribution < 1.29 is 51.1 Å². The van der Waals surface area contributed by atoms with Gasteiger partial charge >= 0.3 is 112 Å². The van der Waals surface area contributed by atoms with Crippen LogP contribution < -0.4 is 0 Å². The SMILES string of the molecule is N#[C][Fe-3]([C]#N)([C]#N)([C]#N)([C]#N)[C]#N.[Sm+3]. The van der Waals surface area contributed by atoms with Crippen LogP contribution in [-0.2, 0) is 10.7 Å². The van der Waals surface area contributed by atoms with Crippen molar-refractivity contribution in [3.05, 3.63) is 0 Å².